The molecule has 0 aliphatic rings. The van der Waals surface area contributed by atoms with Crippen LogP contribution >= 0.6 is 32.9 Å². The molecule has 0 bridgehead atoms. The summed E-state index contributed by atoms with van der Waals surface area (Å²) in [6, 6.07) is 6.07. The number of aromatic nitrogens is 1. The van der Waals surface area contributed by atoms with Gasteiger partial charge in [-0.05, 0) is 18.6 Å². The lowest BCUT2D eigenvalue weighted by Gasteiger charge is -2.07. The van der Waals surface area contributed by atoms with Crippen LogP contribution in [0.25, 0.3) is 0 Å². The number of hydrogen-bond acceptors (Lipinski definition) is 1. The van der Waals surface area contributed by atoms with Crippen molar-refractivity contribution in [2.24, 2.45) is 0 Å². The molecule has 1 aromatic rings. The summed E-state index contributed by atoms with van der Waals surface area (Å²) < 4.78 is 0. The molecule has 0 N–H and O–H groups in total. The second kappa shape index (κ2) is 8.42. The van der Waals surface area contributed by atoms with Crippen molar-refractivity contribution in [2.75, 3.05) is 0 Å². The van der Waals surface area contributed by atoms with E-state index in [1.807, 2.05) is 18.3 Å². The number of hydrogen-bond donors (Lipinski definition) is 0. The number of alkyl halides is 1. The number of rotatable bonds is 5. The molecule has 1 atom stereocenters. The van der Waals surface area contributed by atoms with Gasteiger partial charge in [-0.15, -0.1) is 17.0 Å². The lowest BCUT2D eigenvalue weighted by atomic mass is 10.1. The molecule has 0 spiro atoms. The Bertz CT molecular complexity index is 226. The Morgan fingerprint density at radius 3 is 2.71 bits per heavy atom. The van der Waals surface area contributed by atoms with E-state index in [1.165, 1.54) is 25.7 Å². The largest absolute Gasteiger partial charge is 0.260 e. The van der Waals surface area contributed by atoms with Crippen LogP contribution in [0.2, 0.25) is 0 Å². The van der Waals surface area contributed by atoms with Crippen LogP contribution in [-0.2, 0) is 0 Å². The lowest BCUT2D eigenvalue weighted by Crippen LogP contribution is -1.92. The molecule has 3 heteroatoms. The Kier molecular flexibility index (Phi) is 8.49. The van der Waals surface area contributed by atoms with Gasteiger partial charge in [0, 0.05) is 6.20 Å². The average molecular weight is 323 g/mol. The standard InChI is InChI=1S/C11H16BrN.BrH/c1-2-3-4-7-10(12)11-8-5-6-9-13-11;/h5-6,8-10H,2-4,7H2,1H3;1H. The number of nitrogens with zero attached hydrogens (tertiary/aromatic N) is 1. The number of halogens is 2. The summed E-state index contributed by atoms with van der Waals surface area (Å²) in [5, 5.41) is 0. The van der Waals surface area contributed by atoms with E-state index >= 15 is 0 Å². The molecule has 0 saturated heterocycles. The zero-order valence-electron chi connectivity index (χ0n) is 8.45. The highest BCUT2D eigenvalue weighted by molar-refractivity contribution is 9.09. The van der Waals surface area contributed by atoms with E-state index < -0.39 is 0 Å². The highest BCUT2D eigenvalue weighted by Gasteiger charge is 2.06. The molecule has 0 saturated carbocycles. The van der Waals surface area contributed by atoms with Gasteiger partial charge < -0.3 is 0 Å². The summed E-state index contributed by atoms with van der Waals surface area (Å²) in [4.78, 5) is 4.74. The maximum absolute atomic E-state index is 4.31. The molecule has 0 aliphatic carbocycles. The van der Waals surface area contributed by atoms with Gasteiger partial charge in [0.1, 0.15) is 0 Å². The predicted molar refractivity (Wildman–Crippen MR) is 70.4 cm³/mol. The van der Waals surface area contributed by atoms with Gasteiger partial charge in [0.05, 0.1) is 10.5 Å². The Hall–Kier alpha value is 0.110. The molecule has 0 fully saturated rings. The molecule has 0 aliphatic heterocycles. The van der Waals surface area contributed by atoms with Crippen molar-refractivity contribution in [2.45, 2.75) is 37.4 Å². The molecule has 1 nitrogen and oxygen atoms in total. The van der Waals surface area contributed by atoms with Crippen molar-refractivity contribution in [1.29, 1.82) is 0 Å². The first-order valence-corrected chi connectivity index (χ1v) is 5.81. The van der Waals surface area contributed by atoms with Gasteiger partial charge in [-0.1, -0.05) is 48.2 Å². The molecule has 80 valence electrons. The highest BCUT2D eigenvalue weighted by atomic mass is 79.9. The topological polar surface area (TPSA) is 12.9 Å². The van der Waals surface area contributed by atoms with Crippen molar-refractivity contribution in [3.05, 3.63) is 30.1 Å². The number of pyridine rings is 1. The van der Waals surface area contributed by atoms with E-state index in [1.54, 1.807) is 0 Å². The Morgan fingerprint density at radius 2 is 2.14 bits per heavy atom. The van der Waals surface area contributed by atoms with Crippen LogP contribution in [0.1, 0.15) is 43.1 Å². The zero-order valence-corrected chi connectivity index (χ0v) is 11.7. The van der Waals surface area contributed by atoms with Crippen LogP contribution in [0.3, 0.4) is 0 Å². The molecule has 1 aromatic heterocycles. The van der Waals surface area contributed by atoms with Crippen LogP contribution in [-0.4, -0.2) is 4.98 Å². The summed E-state index contributed by atoms with van der Waals surface area (Å²) in [6.45, 7) is 2.23. The Morgan fingerprint density at radius 1 is 1.36 bits per heavy atom. The minimum absolute atomic E-state index is 0. The maximum atomic E-state index is 4.31. The van der Waals surface area contributed by atoms with E-state index in [2.05, 4.69) is 33.9 Å². The summed E-state index contributed by atoms with van der Waals surface area (Å²) in [7, 11) is 0. The van der Waals surface area contributed by atoms with Crippen LogP contribution in [0.4, 0.5) is 0 Å². The zero-order chi connectivity index (χ0) is 9.52. The first-order chi connectivity index (χ1) is 6.34. The molecule has 0 aromatic carbocycles. The molecule has 0 amide bonds. The van der Waals surface area contributed by atoms with E-state index in [0.717, 1.165) is 5.69 Å². The summed E-state index contributed by atoms with van der Waals surface area (Å²) in [5.74, 6) is 0. The third-order valence-corrected chi connectivity index (χ3v) is 3.00. The molecule has 1 unspecified atom stereocenters. The van der Waals surface area contributed by atoms with Crippen molar-refractivity contribution < 1.29 is 0 Å². The minimum atomic E-state index is 0. The fraction of sp³-hybridized carbons (Fsp3) is 0.545. The van der Waals surface area contributed by atoms with Gasteiger partial charge >= 0.3 is 0 Å². The van der Waals surface area contributed by atoms with Crippen molar-refractivity contribution in [3.63, 3.8) is 0 Å². The molecular weight excluding hydrogens is 306 g/mol. The smallest absolute Gasteiger partial charge is 0.0568 e. The first-order valence-electron chi connectivity index (χ1n) is 4.89. The van der Waals surface area contributed by atoms with E-state index in [0.29, 0.717) is 4.83 Å². The van der Waals surface area contributed by atoms with E-state index in [9.17, 15) is 0 Å². The van der Waals surface area contributed by atoms with Gasteiger partial charge in [-0.3, -0.25) is 4.98 Å². The second-order valence-corrected chi connectivity index (χ2v) is 4.32. The Balaban J connectivity index is 0.00000169. The fourth-order valence-corrected chi connectivity index (χ4v) is 1.88. The molecule has 0 radical (unpaired) electrons. The monoisotopic (exact) mass is 321 g/mol. The lowest BCUT2D eigenvalue weighted by molar-refractivity contribution is 0.657. The summed E-state index contributed by atoms with van der Waals surface area (Å²) in [5.41, 5.74) is 1.15. The third-order valence-electron chi connectivity index (χ3n) is 2.07. The van der Waals surface area contributed by atoms with Gasteiger partial charge in [-0.25, -0.2) is 0 Å². The van der Waals surface area contributed by atoms with Gasteiger partial charge in [0.25, 0.3) is 0 Å². The van der Waals surface area contributed by atoms with Crippen molar-refractivity contribution >= 4 is 32.9 Å². The van der Waals surface area contributed by atoms with E-state index in [-0.39, 0.29) is 17.0 Å². The highest BCUT2D eigenvalue weighted by Crippen LogP contribution is 2.26. The number of unbranched alkanes of at least 4 members (excludes halogenated alkanes) is 2. The normalized spacial score (nSPS) is 11.9. The van der Waals surface area contributed by atoms with Crippen LogP contribution in [0, 0.1) is 0 Å². The quantitative estimate of drug-likeness (QED) is 0.566. The molecular formula is C11H17Br2N. The molecule has 1 rings (SSSR count). The third kappa shape index (κ3) is 5.11. The maximum Gasteiger partial charge on any atom is 0.0568 e. The summed E-state index contributed by atoms with van der Waals surface area (Å²) in [6.07, 6.45) is 6.91. The van der Waals surface area contributed by atoms with Crippen LogP contribution in [0.15, 0.2) is 24.4 Å². The van der Waals surface area contributed by atoms with Gasteiger partial charge in [0.2, 0.25) is 0 Å². The Labute approximate surface area is 105 Å². The van der Waals surface area contributed by atoms with Gasteiger partial charge in [0.15, 0.2) is 0 Å². The average Bonchev–Trinajstić information content (AvgIpc) is 2.19. The fourth-order valence-electron chi connectivity index (χ4n) is 1.28. The van der Waals surface area contributed by atoms with Crippen LogP contribution < -0.4 is 0 Å². The predicted octanol–water partition coefficient (Wildman–Crippen LogP) is 4.68. The van der Waals surface area contributed by atoms with Crippen molar-refractivity contribution in [1.82, 2.24) is 4.98 Å². The SMILES string of the molecule is Br.CCCCCC(Br)c1ccccn1. The summed E-state index contributed by atoms with van der Waals surface area (Å²) >= 11 is 3.65. The molecule has 1 heterocycles. The second-order valence-electron chi connectivity index (χ2n) is 3.22. The van der Waals surface area contributed by atoms with Crippen LogP contribution in [0.5, 0.6) is 0 Å². The molecule has 14 heavy (non-hydrogen) atoms. The van der Waals surface area contributed by atoms with Gasteiger partial charge in [-0.2, -0.15) is 0 Å². The van der Waals surface area contributed by atoms with E-state index in [4.69, 9.17) is 0 Å². The minimum Gasteiger partial charge on any atom is -0.260 e. The first kappa shape index (κ1) is 14.1. The van der Waals surface area contributed by atoms with Crippen molar-refractivity contribution in [3.8, 4) is 0 Å².